The van der Waals surface area contributed by atoms with Crippen molar-refractivity contribution in [2.45, 2.75) is 40.0 Å². The zero-order valence-corrected chi connectivity index (χ0v) is 16.8. The molecule has 0 atom stereocenters. The maximum Gasteiger partial charge on any atom is 0.243 e. The fourth-order valence-corrected chi connectivity index (χ4v) is 2.55. The molecule has 0 bridgehead atoms. The molecule has 150 valence electrons. The van der Waals surface area contributed by atoms with Crippen LogP contribution >= 0.6 is 0 Å². The van der Waals surface area contributed by atoms with Crippen LogP contribution in [0.4, 0.5) is 17.1 Å². The number of hydrogen-bond donors (Lipinski definition) is 3. The van der Waals surface area contributed by atoms with Crippen LogP contribution in [0.5, 0.6) is 5.75 Å². The van der Waals surface area contributed by atoms with E-state index in [1.54, 1.807) is 6.92 Å². The summed E-state index contributed by atoms with van der Waals surface area (Å²) in [6, 6.07) is 12.9. The van der Waals surface area contributed by atoms with Crippen molar-refractivity contribution in [3.63, 3.8) is 0 Å². The molecule has 2 amide bonds. The molecule has 0 saturated carbocycles. The minimum absolute atomic E-state index is 0.0416. The Kier molecular flexibility index (Phi) is 8.34. The van der Waals surface area contributed by atoms with E-state index in [-0.39, 0.29) is 18.4 Å². The molecule has 2 rings (SSSR count). The number of hydrogen-bond acceptors (Lipinski definition) is 4. The summed E-state index contributed by atoms with van der Waals surface area (Å²) >= 11 is 0. The number of rotatable bonds is 10. The first kappa shape index (κ1) is 21.3. The lowest BCUT2D eigenvalue weighted by Crippen LogP contribution is -2.22. The normalized spacial score (nSPS) is 10.2. The van der Waals surface area contributed by atoms with Crippen molar-refractivity contribution in [2.75, 3.05) is 29.1 Å². The smallest absolute Gasteiger partial charge is 0.243 e. The Morgan fingerprint density at radius 2 is 1.64 bits per heavy atom. The van der Waals surface area contributed by atoms with E-state index in [2.05, 4.69) is 22.9 Å². The molecular weight excluding hydrogens is 354 g/mol. The van der Waals surface area contributed by atoms with E-state index >= 15 is 0 Å². The molecule has 0 unspecified atom stereocenters. The molecule has 6 heteroatoms. The number of nitrogens with one attached hydrogen (secondary N) is 3. The van der Waals surface area contributed by atoms with E-state index in [1.165, 1.54) is 0 Å². The van der Waals surface area contributed by atoms with Crippen LogP contribution in [0.15, 0.2) is 42.5 Å². The molecule has 0 heterocycles. The molecule has 6 nitrogen and oxygen atoms in total. The van der Waals surface area contributed by atoms with Gasteiger partial charge in [0.1, 0.15) is 5.75 Å². The second-order valence-corrected chi connectivity index (χ2v) is 6.51. The molecule has 3 N–H and O–H groups in total. The molecule has 0 aromatic heterocycles. The van der Waals surface area contributed by atoms with Gasteiger partial charge in [-0.2, -0.15) is 0 Å². The lowest BCUT2D eigenvalue weighted by molar-refractivity contribution is -0.116. The fourth-order valence-electron chi connectivity index (χ4n) is 2.55. The van der Waals surface area contributed by atoms with E-state index in [4.69, 9.17) is 4.74 Å². The number of unbranched alkanes of at least 4 members (excludes halogenated alkanes) is 1. The second kappa shape index (κ2) is 11.0. The lowest BCUT2D eigenvalue weighted by atomic mass is 10.1. The third-order valence-corrected chi connectivity index (χ3v) is 4.27. The quantitative estimate of drug-likeness (QED) is 0.525. The Hall–Kier alpha value is -3.02. The van der Waals surface area contributed by atoms with Gasteiger partial charge in [0, 0.05) is 23.5 Å². The van der Waals surface area contributed by atoms with E-state index in [0.717, 1.165) is 41.2 Å². The van der Waals surface area contributed by atoms with Gasteiger partial charge in [0.25, 0.3) is 0 Å². The highest BCUT2D eigenvalue weighted by molar-refractivity contribution is 5.95. The Morgan fingerprint density at radius 3 is 2.32 bits per heavy atom. The summed E-state index contributed by atoms with van der Waals surface area (Å²) in [6.45, 7) is 6.66. The second-order valence-electron chi connectivity index (χ2n) is 6.51. The van der Waals surface area contributed by atoms with E-state index in [1.807, 2.05) is 49.4 Å². The van der Waals surface area contributed by atoms with Gasteiger partial charge in [-0.1, -0.05) is 26.3 Å². The number of ether oxygens (including phenoxy) is 1. The van der Waals surface area contributed by atoms with Gasteiger partial charge in [0.05, 0.1) is 13.2 Å². The first-order valence-corrected chi connectivity index (χ1v) is 9.69. The average molecular weight is 383 g/mol. The summed E-state index contributed by atoms with van der Waals surface area (Å²) in [4.78, 5) is 23.8. The molecule has 2 aromatic carbocycles. The topological polar surface area (TPSA) is 79.5 Å². The number of amides is 2. The van der Waals surface area contributed by atoms with Crippen molar-refractivity contribution in [3.8, 4) is 5.75 Å². The van der Waals surface area contributed by atoms with Gasteiger partial charge < -0.3 is 20.7 Å². The van der Waals surface area contributed by atoms with Crippen molar-refractivity contribution in [2.24, 2.45) is 0 Å². The SMILES string of the molecule is CCCCOc1ccc(NC(=O)CNc2cccc(NC(=O)CC)c2C)cc1. The van der Waals surface area contributed by atoms with Crippen LogP contribution in [-0.4, -0.2) is 25.0 Å². The Bertz CT molecular complexity index is 788. The molecule has 0 aliphatic carbocycles. The largest absolute Gasteiger partial charge is 0.494 e. The molecule has 28 heavy (non-hydrogen) atoms. The van der Waals surface area contributed by atoms with E-state index < -0.39 is 0 Å². The molecule has 0 fully saturated rings. The molecule has 0 aliphatic rings. The lowest BCUT2D eigenvalue weighted by Gasteiger charge is -2.14. The van der Waals surface area contributed by atoms with Crippen molar-refractivity contribution in [3.05, 3.63) is 48.0 Å². The van der Waals surface area contributed by atoms with Gasteiger partial charge in [-0.05, 0) is 55.3 Å². The van der Waals surface area contributed by atoms with Crippen molar-refractivity contribution in [1.29, 1.82) is 0 Å². The number of carbonyl (C=O) groups excluding carboxylic acids is 2. The number of anilines is 3. The predicted octanol–water partition coefficient (Wildman–Crippen LogP) is 4.57. The molecule has 2 aromatic rings. The minimum Gasteiger partial charge on any atom is -0.494 e. The Morgan fingerprint density at radius 1 is 0.929 bits per heavy atom. The van der Waals surface area contributed by atoms with Gasteiger partial charge in [0.15, 0.2) is 0 Å². The number of carbonyl (C=O) groups is 2. The highest BCUT2D eigenvalue weighted by Gasteiger charge is 2.08. The van der Waals surface area contributed by atoms with Crippen LogP contribution in [0.2, 0.25) is 0 Å². The van der Waals surface area contributed by atoms with Crippen molar-refractivity contribution in [1.82, 2.24) is 0 Å². The Balaban J connectivity index is 1.87. The monoisotopic (exact) mass is 383 g/mol. The summed E-state index contributed by atoms with van der Waals surface area (Å²) in [6.07, 6.45) is 2.53. The zero-order chi connectivity index (χ0) is 20.4. The molecule has 0 saturated heterocycles. The van der Waals surface area contributed by atoms with Crippen LogP contribution < -0.4 is 20.7 Å². The number of benzene rings is 2. The third kappa shape index (κ3) is 6.61. The molecule has 0 radical (unpaired) electrons. The van der Waals surface area contributed by atoms with Crippen LogP contribution in [0, 0.1) is 6.92 Å². The van der Waals surface area contributed by atoms with E-state index in [0.29, 0.717) is 13.0 Å². The van der Waals surface area contributed by atoms with Crippen LogP contribution in [-0.2, 0) is 9.59 Å². The summed E-state index contributed by atoms with van der Waals surface area (Å²) in [5.74, 6) is 0.605. The van der Waals surface area contributed by atoms with Crippen LogP contribution in [0.25, 0.3) is 0 Å². The third-order valence-electron chi connectivity index (χ3n) is 4.27. The van der Waals surface area contributed by atoms with E-state index in [9.17, 15) is 9.59 Å². The first-order valence-electron chi connectivity index (χ1n) is 9.69. The minimum atomic E-state index is -0.151. The van der Waals surface area contributed by atoms with Gasteiger partial charge in [0.2, 0.25) is 11.8 Å². The maximum absolute atomic E-state index is 12.2. The fraction of sp³-hybridized carbons (Fsp3) is 0.364. The molecule has 0 spiro atoms. The van der Waals surface area contributed by atoms with Gasteiger partial charge in [-0.15, -0.1) is 0 Å². The summed E-state index contributed by atoms with van der Waals surface area (Å²) in [5.41, 5.74) is 3.17. The predicted molar refractivity (Wildman–Crippen MR) is 114 cm³/mol. The Labute approximate surface area is 166 Å². The summed E-state index contributed by atoms with van der Waals surface area (Å²) in [7, 11) is 0. The average Bonchev–Trinajstić information content (AvgIpc) is 2.70. The van der Waals surface area contributed by atoms with Crippen molar-refractivity contribution < 1.29 is 14.3 Å². The van der Waals surface area contributed by atoms with Crippen molar-refractivity contribution >= 4 is 28.9 Å². The summed E-state index contributed by atoms with van der Waals surface area (Å²) in [5, 5.41) is 8.84. The summed E-state index contributed by atoms with van der Waals surface area (Å²) < 4.78 is 5.62. The zero-order valence-electron chi connectivity index (χ0n) is 16.8. The van der Waals surface area contributed by atoms with Crippen LogP contribution in [0.3, 0.4) is 0 Å². The van der Waals surface area contributed by atoms with Gasteiger partial charge >= 0.3 is 0 Å². The standard InChI is InChI=1S/C22H29N3O3/c1-4-6-14-28-18-12-10-17(11-13-18)24-22(27)15-23-19-8-7-9-20(16(19)3)25-21(26)5-2/h7-13,23H,4-6,14-15H2,1-3H3,(H,24,27)(H,25,26). The molecular formula is C22H29N3O3. The van der Waals surface area contributed by atoms with Crippen LogP contribution in [0.1, 0.15) is 38.7 Å². The highest BCUT2D eigenvalue weighted by Crippen LogP contribution is 2.23. The highest BCUT2D eigenvalue weighted by atomic mass is 16.5. The molecule has 0 aliphatic heterocycles. The van der Waals surface area contributed by atoms with Gasteiger partial charge in [-0.3, -0.25) is 9.59 Å². The first-order chi connectivity index (χ1) is 13.5. The van der Waals surface area contributed by atoms with Gasteiger partial charge in [-0.25, -0.2) is 0 Å². The maximum atomic E-state index is 12.2.